The van der Waals surface area contributed by atoms with E-state index < -0.39 is 11.8 Å². The predicted molar refractivity (Wildman–Crippen MR) is 102 cm³/mol. The average Bonchev–Trinajstić information content (AvgIpc) is 2.93. The summed E-state index contributed by atoms with van der Waals surface area (Å²) in [6, 6.07) is 12.4. The van der Waals surface area contributed by atoms with Crippen LogP contribution in [0.1, 0.15) is 12.5 Å². The molecular formula is C19H17BrN2O4. The molecule has 1 saturated heterocycles. The number of hydrazine groups is 1. The quantitative estimate of drug-likeness (QED) is 0.599. The Balaban J connectivity index is 1.98. The Morgan fingerprint density at radius 3 is 2.54 bits per heavy atom. The monoisotopic (exact) mass is 416 g/mol. The van der Waals surface area contributed by atoms with E-state index in [9.17, 15) is 9.59 Å². The molecule has 2 aromatic rings. The molecule has 6 nitrogen and oxygen atoms in total. The summed E-state index contributed by atoms with van der Waals surface area (Å²) in [7, 11) is 1.55. The van der Waals surface area contributed by atoms with Crippen LogP contribution in [0.2, 0.25) is 0 Å². The number of nitrogens with one attached hydrogen (secondary N) is 1. The number of carbonyl (C=O) groups is 2. The van der Waals surface area contributed by atoms with Gasteiger partial charge in [0.2, 0.25) is 0 Å². The maximum Gasteiger partial charge on any atom is 0.282 e. The zero-order chi connectivity index (χ0) is 18.7. The lowest BCUT2D eigenvalue weighted by Crippen LogP contribution is -2.35. The van der Waals surface area contributed by atoms with Gasteiger partial charge in [0.05, 0.1) is 19.4 Å². The van der Waals surface area contributed by atoms with Crippen molar-refractivity contribution < 1.29 is 19.1 Å². The fraction of sp³-hybridized carbons (Fsp3) is 0.158. The molecule has 3 rings (SSSR count). The zero-order valence-electron chi connectivity index (χ0n) is 14.3. The van der Waals surface area contributed by atoms with Gasteiger partial charge in [0.15, 0.2) is 11.5 Å². The second-order valence-electron chi connectivity index (χ2n) is 5.43. The van der Waals surface area contributed by atoms with Gasteiger partial charge in [-0.1, -0.05) is 34.1 Å². The van der Waals surface area contributed by atoms with E-state index in [-0.39, 0.29) is 5.57 Å². The summed E-state index contributed by atoms with van der Waals surface area (Å²) in [6.45, 7) is 2.33. The number of anilines is 1. The third kappa shape index (κ3) is 3.43. The molecule has 0 aromatic heterocycles. The van der Waals surface area contributed by atoms with Gasteiger partial charge in [0.1, 0.15) is 5.57 Å². The molecule has 1 heterocycles. The number of methoxy groups -OCH3 is 1. The Bertz CT molecular complexity index is 881. The Kier molecular flexibility index (Phi) is 5.27. The number of halogens is 1. The number of amides is 2. The number of ether oxygens (including phenoxy) is 2. The molecule has 0 atom stereocenters. The van der Waals surface area contributed by atoms with Crippen molar-refractivity contribution in [1.82, 2.24) is 5.43 Å². The summed E-state index contributed by atoms with van der Waals surface area (Å²) in [5.41, 5.74) is 3.86. The number of benzene rings is 2. The standard InChI is InChI=1S/C19H17BrN2O4/c1-3-26-17-10-12(15(20)11-16(17)25-2)9-14-18(23)21-22(19(14)24)13-7-5-4-6-8-13/h4-11H,3H2,1-2H3,(H,21,23). The van der Waals surface area contributed by atoms with E-state index in [2.05, 4.69) is 21.4 Å². The van der Waals surface area contributed by atoms with Gasteiger partial charge in [0, 0.05) is 4.47 Å². The van der Waals surface area contributed by atoms with Crippen molar-refractivity contribution in [1.29, 1.82) is 0 Å². The van der Waals surface area contributed by atoms with E-state index in [4.69, 9.17) is 9.47 Å². The van der Waals surface area contributed by atoms with Crippen molar-refractivity contribution >= 4 is 39.5 Å². The van der Waals surface area contributed by atoms with Crippen LogP contribution in [0, 0.1) is 0 Å². The van der Waals surface area contributed by atoms with Gasteiger partial charge in [0.25, 0.3) is 11.8 Å². The van der Waals surface area contributed by atoms with Crippen LogP contribution in [0.25, 0.3) is 6.08 Å². The van der Waals surface area contributed by atoms with E-state index in [0.717, 1.165) is 0 Å². The first-order chi connectivity index (χ1) is 12.5. The van der Waals surface area contributed by atoms with Crippen molar-refractivity contribution in [3.05, 3.63) is 58.1 Å². The number of hydrogen-bond acceptors (Lipinski definition) is 4. The summed E-state index contributed by atoms with van der Waals surface area (Å²) in [5, 5.41) is 1.23. The van der Waals surface area contributed by atoms with Gasteiger partial charge < -0.3 is 9.47 Å². The number of carbonyl (C=O) groups excluding carboxylic acids is 2. The van der Waals surface area contributed by atoms with Crippen LogP contribution in [-0.2, 0) is 9.59 Å². The van der Waals surface area contributed by atoms with Gasteiger partial charge in [-0.25, -0.2) is 5.01 Å². The number of rotatable bonds is 5. The molecule has 26 heavy (non-hydrogen) atoms. The highest BCUT2D eigenvalue weighted by atomic mass is 79.9. The maximum absolute atomic E-state index is 12.7. The lowest BCUT2D eigenvalue weighted by molar-refractivity contribution is -0.117. The minimum Gasteiger partial charge on any atom is -0.493 e. The summed E-state index contributed by atoms with van der Waals surface area (Å²) in [5.74, 6) is 0.228. The number of para-hydroxylation sites is 1. The zero-order valence-corrected chi connectivity index (χ0v) is 15.9. The molecule has 0 radical (unpaired) electrons. The van der Waals surface area contributed by atoms with Gasteiger partial charge in [-0.2, -0.15) is 0 Å². The highest BCUT2D eigenvalue weighted by Gasteiger charge is 2.34. The molecule has 1 aliphatic heterocycles. The molecule has 1 aliphatic rings. The van der Waals surface area contributed by atoms with Crippen molar-refractivity contribution in [3.8, 4) is 11.5 Å². The average molecular weight is 417 g/mol. The van der Waals surface area contributed by atoms with Crippen LogP contribution in [0.3, 0.4) is 0 Å². The van der Waals surface area contributed by atoms with E-state index in [0.29, 0.717) is 33.8 Å². The highest BCUT2D eigenvalue weighted by Crippen LogP contribution is 2.35. The summed E-state index contributed by atoms with van der Waals surface area (Å²) < 4.78 is 11.5. The molecular weight excluding hydrogens is 400 g/mol. The summed E-state index contributed by atoms with van der Waals surface area (Å²) in [4.78, 5) is 25.0. The predicted octanol–water partition coefficient (Wildman–Crippen LogP) is 3.32. The lowest BCUT2D eigenvalue weighted by atomic mass is 10.1. The second kappa shape index (κ2) is 7.61. The first-order valence-electron chi connectivity index (χ1n) is 7.97. The van der Waals surface area contributed by atoms with Crippen molar-refractivity contribution in [2.75, 3.05) is 18.7 Å². The van der Waals surface area contributed by atoms with Gasteiger partial charge in [-0.15, -0.1) is 0 Å². The summed E-state index contributed by atoms with van der Waals surface area (Å²) in [6.07, 6.45) is 1.53. The maximum atomic E-state index is 12.7. The van der Waals surface area contributed by atoms with Crippen molar-refractivity contribution in [2.24, 2.45) is 0 Å². The SMILES string of the molecule is CCOc1cc(C=C2C(=O)NN(c3ccccc3)C2=O)c(Br)cc1OC. The number of nitrogens with zero attached hydrogens (tertiary/aromatic N) is 1. The molecule has 0 unspecified atom stereocenters. The third-order valence-electron chi connectivity index (χ3n) is 3.79. The summed E-state index contributed by atoms with van der Waals surface area (Å²) >= 11 is 3.44. The second-order valence-corrected chi connectivity index (χ2v) is 6.29. The van der Waals surface area contributed by atoms with Gasteiger partial charge in [-0.3, -0.25) is 15.0 Å². The van der Waals surface area contributed by atoms with E-state index in [1.54, 1.807) is 43.5 Å². The van der Waals surface area contributed by atoms with Gasteiger partial charge >= 0.3 is 0 Å². The first kappa shape index (κ1) is 18.0. The first-order valence-corrected chi connectivity index (χ1v) is 8.77. The van der Waals surface area contributed by atoms with Crippen LogP contribution < -0.4 is 19.9 Å². The smallest absolute Gasteiger partial charge is 0.282 e. The third-order valence-corrected chi connectivity index (χ3v) is 4.48. The van der Waals surface area contributed by atoms with Crippen LogP contribution in [-0.4, -0.2) is 25.5 Å². The van der Waals surface area contributed by atoms with Crippen molar-refractivity contribution in [3.63, 3.8) is 0 Å². The molecule has 0 spiro atoms. The topological polar surface area (TPSA) is 67.9 Å². The lowest BCUT2D eigenvalue weighted by Gasteiger charge is -2.14. The fourth-order valence-corrected chi connectivity index (χ4v) is 3.00. The number of hydrogen-bond donors (Lipinski definition) is 1. The largest absolute Gasteiger partial charge is 0.493 e. The molecule has 1 N–H and O–H groups in total. The van der Waals surface area contributed by atoms with Crippen LogP contribution in [0.5, 0.6) is 11.5 Å². The molecule has 0 aliphatic carbocycles. The van der Waals surface area contributed by atoms with E-state index >= 15 is 0 Å². The van der Waals surface area contributed by atoms with E-state index in [1.165, 1.54) is 11.1 Å². The molecule has 1 fully saturated rings. The van der Waals surface area contributed by atoms with Crippen molar-refractivity contribution in [2.45, 2.75) is 6.92 Å². The molecule has 2 amide bonds. The Hall–Kier alpha value is -2.80. The minimum absolute atomic E-state index is 0.0437. The Labute approximate surface area is 159 Å². The fourth-order valence-electron chi connectivity index (χ4n) is 2.56. The van der Waals surface area contributed by atoms with E-state index in [1.807, 2.05) is 13.0 Å². The Morgan fingerprint density at radius 2 is 1.88 bits per heavy atom. The normalized spacial score (nSPS) is 15.3. The molecule has 0 bridgehead atoms. The highest BCUT2D eigenvalue weighted by molar-refractivity contribution is 9.10. The molecule has 2 aromatic carbocycles. The molecule has 134 valence electrons. The molecule has 0 saturated carbocycles. The molecule has 7 heteroatoms. The van der Waals surface area contributed by atoms with Gasteiger partial charge in [-0.05, 0) is 42.8 Å². The van der Waals surface area contributed by atoms with Crippen LogP contribution in [0.4, 0.5) is 5.69 Å². The Morgan fingerprint density at radius 1 is 1.15 bits per heavy atom. The van der Waals surface area contributed by atoms with Crippen LogP contribution >= 0.6 is 15.9 Å². The minimum atomic E-state index is -0.459. The van der Waals surface area contributed by atoms with Crippen LogP contribution in [0.15, 0.2) is 52.5 Å².